The van der Waals surface area contributed by atoms with E-state index in [2.05, 4.69) is 181 Å². The highest BCUT2D eigenvalue weighted by molar-refractivity contribution is 5.98. The summed E-state index contributed by atoms with van der Waals surface area (Å²) in [5.74, 6) is 0.874. The Morgan fingerprint density at radius 1 is 0.526 bits per heavy atom. The van der Waals surface area contributed by atoms with Crippen LogP contribution in [0.2, 0.25) is 0 Å². The summed E-state index contributed by atoms with van der Waals surface area (Å²) in [6.45, 7) is 18.2. The third-order valence-corrected chi connectivity index (χ3v) is 11.9. The Morgan fingerprint density at radius 3 is 1.93 bits per heavy atom. The van der Waals surface area contributed by atoms with E-state index in [1.54, 1.807) is 6.07 Å². The van der Waals surface area contributed by atoms with Crippen molar-refractivity contribution in [1.29, 1.82) is 0 Å². The maximum Gasteiger partial charge on any atom is 0.149 e. The van der Waals surface area contributed by atoms with E-state index in [0.717, 1.165) is 50.2 Å². The van der Waals surface area contributed by atoms with Gasteiger partial charge in [0.2, 0.25) is 0 Å². The van der Waals surface area contributed by atoms with Gasteiger partial charge >= 0.3 is 0 Å². The van der Waals surface area contributed by atoms with Crippen molar-refractivity contribution in [2.75, 3.05) is 0 Å². The second-order valence-electron chi connectivity index (χ2n) is 18.1. The zero-order chi connectivity index (χ0) is 39.9. The summed E-state index contributed by atoms with van der Waals surface area (Å²) >= 11 is 0. The number of rotatable bonds is 5. The number of phenols is 1. The smallest absolute Gasteiger partial charge is 0.149 e. The molecule has 57 heavy (non-hydrogen) atoms. The van der Waals surface area contributed by atoms with Gasteiger partial charge in [-0.15, -0.1) is 0 Å². The maximum absolute atomic E-state index is 11.4. The predicted octanol–water partition coefficient (Wildman–Crippen LogP) is 13.7. The molecule has 0 saturated carbocycles. The summed E-state index contributed by atoms with van der Waals surface area (Å²) in [6.07, 6.45) is 2.07. The van der Waals surface area contributed by atoms with Crippen LogP contribution in [0.5, 0.6) is 5.75 Å². The fraction of sp³-hybridized carbons (Fsp3) is 0.208. The number of para-hydroxylation sites is 2. The van der Waals surface area contributed by atoms with Crippen molar-refractivity contribution in [3.63, 3.8) is 0 Å². The van der Waals surface area contributed by atoms with Crippen LogP contribution in [0.3, 0.4) is 0 Å². The number of aromatic nitrogens is 3. The number of aromatic hydroxyl groups is 1. The largest absolute Gasteiger partial charge is 0.507 e. The van der Waals surface area contributed by atoms with Gasteiger partial charge < -0.3 is 5.11 Å². The summed E-state index contributed by atoms with van der Waals surface area (Å²) in [5.41, 5.74) is 17.2. The van der Waals surface area contributed by atoms with Crippen LogP contribution in [-0.4, -0.2) is 19.6 Å². The van der Waals surface area contributed by atoms with Crippen LogP contribution in [0, 0.1) is 0 Å². The highest BCUT2D eigenvalue weighted by Gasteiger charge is 2.36. The van der Waals surface area contributed by atoms with Crippen molar-refractivity contribution in [1.82, 2.24) is 14.5 Å². The Morgan fingerprint density at radius 2 is 1.19 bits per heavy atom. The van der Waals surface area contributed by atoms with Gasteiger partial charge in [0.25, 0.3) is 0 Å². The van der Waals surface area contributed by atoms with E-state index in [-0.39, 0.29) is 22.0 Å². The quantitative estimate of drug-likeness (QED) is 0.191. The number of benzene rings is 6. The fourth-order valence-electron chi connectivity index (χ4n) is 8.58. The lowest BCUT2D eigenvalue weighted by atomic mass is 9.81. The Balaban J connectivity index is 1.29. The second-order valence-corrected chi connectivity index (χ2v) is 18.1. The summed E-state index contributed by atoms with van der Waals surface area (Å²) in [4.78, 5) is 10.6. The first-order valence-electron chi connectivity index (χ1n) is 20.0. The van der Waals surface area contributed by atoms with E-state index >= 15 is 0 Å². The molecule has 0 spiro atoms. The number of fused-ring (bicyclic) bond motifs is 4. The molecule has 0 atom stereocenters. The molecule has 2 aromatic heterocycles. The lowest BCUT2D eigenvalue weighted by Crippen LogP contribution is -2.15. The van der Waals surface area contributed by atoms with Gasteiger partial charge in [0, 0.05) is 33.9 Å². The highest BCUT2D eigenvalue weighted by Crippen LogP contribution is 2.49. The third kappa shape index (κ3) is 6.15. The van der Waals surface area contributed by atoms with Crippen molar-refractivity contribution < 1.29 is 5.11 Å². The first-order valence-corrected chi connectivity index (χ1v) is 20.0. The topological polar surface area (TPSA) is 50.9 Å². The van der Waals surface area contributed by atoms with Crippen molar-refractivity contribution in [2.24, 2.45) is 0 Å². The molecular weight excluding hydrogens is 695 g/mol. The van der Waals surface area contributed by atoms with Crippen molar-refractivity contribution >= 4 is 11.0 Å². The minimum Gasteiger partial charge on any atom is -0.507 e. The maximum atomic E-state index is 11.4. The Hall–Kier alpha value is -6.26. The molecule has 6 aromatic carbocycles. The normalized spacial score (nSPS) is 13.5. The first-order chi connectivity index (χ1) is 27.2. The van der Waals surface area contributed by atoms with Crippen LogP contribution in [0.15, 0.2) is 146 Å². The van der Waals surface area contributed by atoms with Crippen LogP contribution >= 0.6 is 0 Å². The average molecular weight is 744 g/mol. The van der Waals surface area contributed by atoms with Gasteiger partial charge in [0.05, 0.1) is 28.0 Å². The molecule has 4 heteroatoms. The third-order valence-electron chi connectivity index (χ3n) is 11.9. The van der Waals surface area contributed by atoms with E-state index in [1.165, 1.54) is 33.4 Å². The molecule has 9 rings (SSSR count). The monoisotopic (exact) mass is 743 g/mol. The molecular formula is C53H49N3O. The molecule has 0 radical (unpaired) electrons. The standard InChI is InChI=1S/C53H49N3O/c1-51(2,3)36-25-26-46(41(30-36)33-17-10-9-11-18-33)56-47-23-16-21-38(49(47)55-50(56)40-20-13-15-24-48(40)57)34-27-35(29-37(28-34)52(4,5)6)45-31-44-42(32-54-45)39-19-12-14-22-43(39)53(44,7)8/h9-32,57H,1-8H3. The van der Waals surface area contributed by atoms with Crippen molar-refractivity contribution in [3.05, 3.63) is 168 Å². The van der Waals surface area contributed by atoms with Gasteiger partial charge in [-0.3, -0.25) is 9.55 Å². The number of imidazole rings is 1. The molecule has 282 valence electrons. The molecule has 0 fully saturated rings. The average Bonchev–Trinajstić information content (AvgIpc) is 3.69. The Labute approximate surface area is 336 Å². The van der Waals surface area contributed by atoms with Gasteiger partial charge in [-0.2, -0.15) is 0 Å². The summed E-state index contributed by atoms with van der Waals surface area (Å²) in [5, 5.41) is 11.4. The SMILES string of the molecule is CC(C)(C)c1cc(-c2cc3c(cn2)-c2ccccc2C3(C)C)cc(-c2cccc3c2nc(-c2ccccc2O)n3-c2ccc(C(C)(C)C)cc2-c2ccccc2)c1. The van der Waals surface area contributed by atoms with Gasteiger partial charge in [-0.05, 0) is 98.3 Å². The predicted molar refractivity (Wildman–Crippen MR) is 237 cm³/mol. The molecule has 0 saturated heterocycles. The summed E-state index contributed by atoms with van der Waals surface area (Å²) in [7, 11) is 0. The Bertz CT molecular complexity index is 2850. The fourth-order valence-corrected chi connectivity index (χ4v) is 8.58. The van der Waals surface area contributed by atoms with Crippen LogP contribution in [-0.2, 0) is 16.2 Å². The van der Waals surface area contributed by atoms with Gasteiger partial charge in [-0.25, -0.2) is 4.98 Å². The molecule has 1 N–H and O–H groups in total. The van der Waals surface area contributed by atoms with E-state index in [1.807, 2.05) is 18.2 Å². The van der Waals surface area contributed by atoms with Crippen molar-refractivity contribution in [2.45, 2.75) is 71.6 Å². The minimum absolute atomic E-state index is 0.0457. The molecule has 1 aliphatic carbocycles. The zero-order valence-corrected chi connectivity index (χ0v) is 34.1. The van der Waals surface area contributed by atoms with Gasteiger partial charge in [-0.1, -0.05) is 146 Å². The van der Waals surface area contributed by atoms with Crippen LogP contribution < -0.4 is 0 Å². The highest BCUT2D eigenvalue weighted by atomic mass is 16.3. The minimum atomic E-state index is -0.129. The van der Waals surface area contributed by atoms with Crippen LogP contribution in [0.25, 0.3) is 72.7 Å². The van der Waals surface area contributed by atoms with Crippen molar-refractivity contribution in [3.8, 4) is 67.5 Å². The molecule has 0 amide bonds. The van der Waals surface area contributed by atoms with Gasteiger partial charge in [0.15, 0.2) is 0 Å². The number of hydrogen-bond donors (Lipinski definition) is 1. The van der Waals surface area contributed by atoms with Gasteiger partial charge in [0.1, 0.15) is 11.6 Å². The number of pyridine rings is 1. The summed E-state index contributed by atoms with van der Waals surface area (Å²) in [6, 6.07) is 49.2. The lowest BCUT2D eigenvalue weighted by molar-refractivity contribution is 0.477. The first kappa shape index (κ1) is 36.4. The second kappa shape index (κ2) is 13.2. The van der Waals surface area contributed by atoms with Crippen LogP contribution in [0.4, 0.5) is 0 Å². The summed E-state index contributed by atoms with van der Waals surface area (Å²) < 4.78 is 2.24. The number of hydrogen-bond acceptors (Lipinski definition) is 3. The molecule has 1 aliphatic rings. The molecule has 0 unspecified atom stereocenters. The number of phenolic OH excluding ortho intramolecular Hbond substituents is 1. The lowest BCUT2D eigenvalue weighted by Gasteiger charge is -2.23. The molecule has 0 aliphatic heterocycles. The van der Waals surface area contributed by atoms with E-state index in [9.17, 15) is 5.11 Å². The molecule has 8 aromatic rings. The zero-order valence-electron chi connectivity index (χ0n) is 34.1. The molecule has 2 heterocycles. The van der Waals surface area contributed by atoms with E-state index < -0.39 is 0 Å². The molecule has 0 bridgehead atoms. The van der Waals surface area contributed by atoms with E-state index in [4.69, 9.17) is 9.97 Å². The molecule has 4 nitrogen and oxygen atoms in total. The van der Waals surface area contributed by atoms with Crippen LogP contribution in [0.1, 0.15) is 77.6 Å². The van der Waals surface area contributed by atoms with E-state index in [0.29, 0.717) is 11.4 Å². The number of nitrogens with zero attached hydrogens (tertiary/aromatic N) is 3. The Kier molecular flexibility index (Phi) is 8.40.